The fraction of sp³-hybridized carbons (Fsp3) is 0.600. The van der Waals surface area contributed by atoms with Gasteiger partial charge in [0.15, 0.2) is 0 Å². The number of benzene rings is 1. The smallest absolute Gasteiger partial charge is 0.228 e. The molecule has 0 saturated carbocycles. The Morgan fingerprint density at radius 2 is 2.00 bits per heavy atom. The van der Waals surface area contributed by atoms with E-state index in [0.29, 0.717) is 26.1 Å². The first kappa shape index (κ1) is 18.7. The van der Waals surface area contributed by atoms with Crippen molar-refractivity contribution in [1.82, 2.24) is 9.80 Å². The summed E-state index contributed by atoms with van der Waals surface area (Å²) in [6.07, 6.45) is 1.17. The standard InChI is InChI=1S/C20H29N3O3/c1-16-5-3-6-18(13-16)21-8-10-22(11-9-21)20(25)17-14-19(24)23(15-17)7-4-12-26-2/h3,5-6,13,17H,4,7-12,14-15H2,1-2H3. The van der Waals surface area contributed by atoms with Crippen LogP contribution >= 0.6 is 0 Å². The normalized spacial score (nSPS) is 20.8. The van der Waals surface area contributed by atoms with Gasteiger partial charge in [0, 0.05) is 65.1 Å². The van der Waals surface area contributed by atoms with Crippen molar-refractivity contribution in [3.05, 3.63) is 29.8 Å². The number of carbonyl (C=O) groups excluding carboxylic acids is 2. The molecule has 1 atom stereocenters. The Bertz CT molecular complexity index is 641. The van der Waals surface area contributed by atoms with Gasteiger partial charge in [0.25, 0.3) is 0 Å². The lowest BCUT2D eigenvalue weighted by atomic mass is 10.1. The third-order valence-corrected chi connectivity index (χ3v) is 5.30. The second-order valence-electron chi connectivity index (χ2n) is 7.24. The molecule has 1 aromatic carbocycles. The zero-order chi connectivity index (χ0) is 18.5. The number of hydrogen-bond donors (Lipinski definition) is 0. The second-order valence-corrected chi connectivity index (χ2v) is 7.24. The topological polar surface area (TPSA) is 53.1 Å². The summed E-state index contributed by atoms with van der Waals surface area (Å²) < 4.78 is 5.04. The lowest BCUT2D eigenvalue weighted by Crippen LogP contribution is -2.50. The number of anilines is 1. The van der Waals surface area contributed by atoms with Crippen molar-refractivity contribution in [2.24, 2.45) is 5.92 Å². The predicted octanol–water partition coefficient (Wildman–Crippen LogP) is 1.53. The molecule has 26 heavy (non-hydrogen) atoms. The molecule has 2 saturated heterocycles. The highest BCUT2D eigenvalue weighted by atomic mass is 16.5. The number of likely N-dealkylation sites (tertiary alicyclic amines) is 1. The van der Waals surface area contributed by atoms with Gasteiger partial charge in [0.2, 0.25) is 11.8 Å². The lowest BCUT2D eigenvalue weighted by molar-refractivity contribution is -0.136. The van der Waals surface area contributed by atoms with Crippen LogP contribution in [0.15, 0.2) is 24.3 Å². The molecule has 2 amide bonds. The lowest BCUT2D eigenvalue weighted by Gasteiger charge is -2.37. The molecule has 0 aromatic heterocycles. The summed E-state index contributed by atoms with van der Waals surface area (Å²) in [7, 11) is 1.66. The van der Waals surface area contributed by atoms with Crippen LogP contribution in [0.1, 0.15) is 18.4 Å². The molecule has 1 aromatic rings. The Balaban J connectivity index is 1.50. The van der Waals surface area contributed by atoms with Crippen molar-refractivity contribution in [3.63, 3.8) is 0 Å². The summed E-state index contributed by atoms with van der Waals surface area (Å²) in [6, 6.07) is 8.48. The summed E-state index contributed by atoms with van der Waals surface area (Å²) in [5, 5.41) is 0. The highest BCUT2D eigenvalue weighted by Crippen LogP contribution is 2.23. The first-order valence-corrected chi connectivity index (χ1v) is 9.45. The van der Waals surface area contributed by atoms with Crippen molar-refractivity contribution in [2.75, 3.05) is 57.9 Å². The number of nitrogens with zero attached hydrogens (tertiary/aromatic N) is 3. The van der Waals surface area contributed by atoms with Gasteiger partial charge >= 0.3 is 0 Å². The summed E-state index contributed by atoms with van der Waals surface area (Å²) in [4.78, 5) is 31.0. The first-order chi connectivity index (χ1) is 12.6. The van der Waals surface area contributed by atoms with Gasteiger partial charge < -0.3 is 19.4 Å². The van der Waals surface area contributed by atoms with Crippen LogP contribution in [0.5, 0.6) is 0 Å². The van der Waals surface area contributed by atoms with Gasteiger partial charge in [-0.2, -0.15) is 0 Å². The van der Waals surface area contributed by atoms with Crippen molar-refractivity contribution in [3.8, 4) is 0 Å². The highest BCUT2D eigenvalue weighted by Gasteiger charge is 2.36. The molecule has 2 fully saturated rings. The molecule has 0 N–H and O–H groups in total. The maximum absolute atomic E-state index is 12.8. The van der Waals surface area contributed by atoms with Gasteiger partial charge in [-0.15, -0.1) is 0 Å². The molecule has 2 aliphatic rings. The summed E-state index contributed by atoms with van der Waals surface area (Å²) >= 11 is 0. The minimum Gasteiger partial charge on any atom is -0.385 e. The van der Waals surface area contributed by atoms with Gasteiger partial charge in [0.1, 0.15) is 0 Å². The fourth-order valence-electron chi connectivity index (χ4n) is 3.82. The Kier molecular flexibility index (Phi) is 6.14. The van der Waals surface area contributed by atoms with E-state index in [-0.39, 0.29) is 17.7 Å². The molecule has 0 spiro atoms. The number of rotatable bonds is 6. The van der Waals surface area contributed by atoms with Gasteiger partial charge in [-0.3, -0.25) is 9.59 Å². The maximum Gasteiger partial charge on any atom is 0.228 e. The van der Waals surface area contributed by atoms with E-state index in [0.717, 1.165) is 32.6 Å². The van der Waals surface area contributed by atoms with Crippen LogP contribution in [-0.4, -0.2) is 74.6 Å². The fourth-order valence-corrected chi connectivity index (χ4v) is 3.82. The number of piperazine rings is 1. The zero-order valence-corrected chi connectivity index (χ0v) is 15.8. The minimum absolute atomic E-state index is 0.0952. The number of aryl methyl sites for hydroxylation is 1. The molecule has 2 aliphatic heterocycles. The molecule has 3 rings (SSSR count). The van der Waals surface area contributed by atoms with E-state index < -0.39 is 0 Å². The Labute approximate surface area is 155 Å². The quantitative estimate of drug-likeness (QED) is 0.723. The second kappa shape index (κ2) is 8.54. The molecule has 0 radical (unpaired) electrons. The van der Waals surface area contributed by atoms with Gasteiger partial charge in [-0.1, -0.05) is 12.1 Å². The van der Waals surface area contributed by atoms with Crippen molar-refractivity contribution >= 4 is 17.5 Å². The van der Waals surface area contributed by atoms with Crippen molar-refractivity contribution in [1.29, 1.82) is 0 Å². The number of methoxy groups -OCH3 is 1. The number of hydrogen-bond acceptors (Lipinski definition) is 4. The average molecular weight is 359 g/mol. The van der Waals surface area contributed by atoms with Crippen LogP contribution in [0, 0.1) is 12.8 Å². The Hall–Kier alpha value is -2.08. The third-order valence-electron chi connectivity index (χ3n) is 5.30. The molecule has 6 heteroatoms. The van der Waals surface area contributed by atoms with Crippen molar-refractivity contribution in [2.45, 2.75) is 19.8 Å². The molecular weight excluding hydrogens is 330 g/mol. The number of carbonyl (C=O) groups is 2. The van der Waals surface area contributed by atoms with E-state index in [2.05, 4.69) is 36.1 Å². The third kappa shape index (κ3) is 4.36. The molecule has 2 heterocycles. The van der Waals surface area contributed by atoms with Crippen LogP contribution in [0.4, 0.5) is 5.69 Å². The number of amides is 2. The molecule has 0 bridgehead atoms. The largest absolute Gasteiger partial charge is 0.385 e. The van der Waals surface area contributed by atoms with Gasteiger partial charge in [-0.25, -0.2) is 0 Å². The first-order valence-electron chi connectivity index (χ1n) is 9.45. The highest BCUT2D eigenvalue weighted by molar-refractivity contribution is 5.89. The van der Waals surface area contributed by atoms with Crippen LogP contribution in [0.25, 0.3) is 0 Å². The van der Waals surface area contributed by atoms with Crippen LogP contribution < -0.4 is 4.90 Å². The van der Waals surface area contributed by atoms with Gasteiger partial charge in [0.05, 0.1) is 5.92 Å². The molecular formula is C20H29N3O3. The van der Waals surface area contributed by atoms with Crippen LogP contribution in [0.3, 0.4) is 0 Å². The average Bonchev–Trinajstić information content (AvgIpc) is 3.02. The zero-order valence-electron chi connectivity index (χ0n) is 15.8. The molecule has 0 aliphatic carbocycles. The van der Waals surface area contributed by atoms with Crippen molar-refractivity contribution < 1.29 is 14.3 Å². The molecule has 6 nitrogen and oxygen atoms in total. The van der Waals surface area contributed by atoms with Crippen LogP contribution in [0.2, 0.25) is 0 Å². The van der Waals surface area contributed by atoms with E-state index in [1.165, 1.54) is 11.3 Å². The summed E-state index contributed by atoms with van der Waals surface area (Å²) in [5.74, 6) is 0.0462. The minimum atomic E-state index is -0.185. The molecule has 1 unspecified atom stereocenters. The van der Waals surface area contributed by atoms with E-state index >= 15 is 0 Å². The summed E-state index contributed by atoms with van der Waals surface area (Å²) in [6.45, 7) is 7.10. The van der Waals surface area contributed by atoms with Crippen LogP contribution in [-0.2, 0) is 14.3 Å². The van der Waals surface area contributed by atoms with E-state index in [1.807, 2.05) is 9.80 Å². The van der Waals surface area contributed by atoms with E-state index in [4.69, 9.17) is 4.74 Å². The Morgan fingerprint density at radius 1 is 1.23 bits per heavy atom. The SMILES string of the molecule is COCCCN1CC(C(=O)N2CCN(c3cccc(C)c3)CC2)CC1=O. The predicted molar refractivity (Wildman–Crippen MR) is 101 cm³/mol. The Morgan fingerprint density at radius 3 is 2.69 bits per heavy atom. The van der Waals surface area contributed by atoms with E-state index in [1.54, 1.807) is 7.11 Å². The maximum atomic E-state index is 12.8. The number of ether oxygens (including phenoxy) is 1. The monoisotopic (exact) mass is 359 g/mol. The summed E-state index contributed by atoms with van der Waals surface area (Å²) in [5.41, 5.74) is 2.47. The molecule has 142 valence electrons. The van der Waals surface area contributed by atoms with E-state index in [9.17, 15) is 9.59 Å². The van der Waals surface area contributed by atoms with Gasteiger partial charge in [-0.05, 0) is 31.0 Å².